The molecule has 2 aliphatic heterocycles. The van der Waals surface area contributed by atoms with Gasteiger partial charge in [0.15, 0.2) is 11.5 Å². The highest BCUT2D eigenvalue weighted by Crippen LogP contribution is 2.32. The van der Waals surface area contributed by atoms with Gasteiger partial charge in [-0.15, -0.1) is 0 Å². The number of unbranched alkanes of at least 4 members (excludes halogenated alkanes) is 2. The molecule has 0 aromatic heterocycles. The van der Waals surface area contributed by atoms with E-state index in [0.717, 1.165) is 38.9 Å². The summed E-state index contributed by atoms with van der Waals surface area (Å²) < 4.78 is 38.4. The number of carbonyl (C=O) groups is 1. The van der Waals surface area contributed by atoms with E-state index in [1.807, 2.05) is 0 Å². The first-order valence-electron chi connectivity index (χ1n) is 11.3. The van der Waals surface area contributed by atoms with E-state index in [9.17, 15) is 13.2 Å². The summed E-state index contributed by atoms with van der Waals surface area (Å²) in [6, 6.07) is 5.19. The molecule has 0 aliphatic carbocycles. The first kappa shape index (κ1) is 23.8. The normalized spacial score (nSPS) is 19.0. The summed E-state index contributed by atoms with van der Waals surface area (Å²) in [6.07, 6.45) is 3.85. The Labute approximate surface area is 185 Å². The lowest BCUT2D eigenvalue weighted by atomic mass is 10.1. The maximum Gasteiger partial charge on any atom is 0.240 e. The van der Waals surface area contributed by atoms with Crippen LogP contribution in [0.5, 0.6) is 11.5 Å². The van der Waals surface area contributed by atoms with Crippen LogP contribution >= 0.6 is 0 Å². The monoisotopic (exact) mass is 453 g/mol. The van der Waals surface area contributed by atoms with Crippen LogP contribution < -0.4 is 19.5 Å². The highest BCUT2D eigenvalue weighted by molar-refractivity contribution is 7.89. The Morgan fingerprint density at radius 3 is 2.68 bits per heavy atom. The van der Waals surface area contributed by atoms with Gasteiger partial charge in [0.2, 0.25) is 15.9 Å². The van der Waals surface area contributed by atoms with Crippen molar-refractivity contribution in [2.24, 2.45) is 5.92 Å². The van der Waals surface area contributed by atoms with Gasteiger partial charge >= 0.3 is 0 Å². The van der Waals surface area contributed by atoms with Gasteiger partial charge in [0.1, 0.15) is 13.2 Å². The molecular formula is C22H35N3O5S. The molecule has 1 atom stereocenters. The largest absolute Gasteiger partial charge is 0.486 e. The zero-order chi connectivity index (χ0) is 22.3. The van der Waals surface area contributed by atoms with E-state index >= 15 is 0 Å². The predicted molar refractivity (Wildman–Crippen MR) is 119 cm³/mol. The summed E-state index contributed by atoms with van der Waals surface area (Å²) >= 11 is 0. The Bertz CT molecular complexity index is 844. The first-order valence-corrected chi connectivity index (χ1v) is 12.7. The molecule has 31 heavy (non-hydrogen) atoms. The molecular weight excluding hydrogens is 418 g/mol. The SMILES string of the molecule is CC(C)N1CCC(CNC(=O)CCCCCNS(=O)(=O)c2ccc3c(c2)OCCO3)C1. The van der Waals surface area contributed by atoms with Crippen LogP contribution in [0.3, 0.4) is 0 Å². The molecule has 0 spiro atoms. The number of benzene rings is 1. The number of rotatable bonds is 11. The lowest BCUT2D eigenvalue weighted by molar-refractivity contribution is -0.121. The van der Waals surface area contributed by atoms with Crippen LogP contribution in [-0.2, 0) is 14.8 Å². The quantitative estimate of drug-likeness (QED) is 0.499. The van der Waals surface area contributed by atoms with Gasteiger partial charge in [-0.1, -0.05) is 6.42 Å². The third-order valence-electron chi connectivity index (χ3n) is 5.83. The zero-order valence-corrected chi connectivity index (χ0v) is 19.4. The van der Waals surface area contributed by atoms with Crippen molar-refractivity contribution >= 4 is 15.9 Å². The molecule has 0 radical (unpaired) electrons. The van der Waals surface area contributed by atoms with Gasteiger partial charge in [-0.2, -0.15) is 0 Å². The van der Waals surface area contributed by atoms with E-state index < -0.39 is 10.0 Å². The van der Waals surface area contributed by atoms with Crippen LogP contribution in [0.4, 0.5) is 0 Å². The van der Waals surface area contributed by atoms with Gasteiger partial charge in [0, 0.05) is 38.2 Å². The molecule has 0 saturated carbocycles. The minimum Gasteiger partial charge on any atom is -0.486 e. The number of nitrogens with one attached hydrogen (secondary N) is 2. The second kappa shape index (κ2) is 11.2. The second-order valence-electron chi connectivity index (χ2n) is 8.56. The molecule has 0 bridgehead atoms. The minimum absolute atomic E-state index is 0.0832. The predicted octanol–water partition coefficient (Wildman–Crippen LogP) is 2.14. The fourth-order valence-electron chi connectivity index (χ4n) is 3.91. The lowest BCUT2D eigenvalue weighted by Crippen LogP contribution is -2.32. The van der Waals surface area contributed by atoms with Gasteiger partial charge in [0.25, 0.3) is 0 Å². The van der Waals surface area contributed by atoms with Crippen LogP contribution in [0.2, 0.25) is 0 Å². The summed E-state index contributed by atoms with van der Waals surface area (Å²) in [5.41, 5.74) is 0. The molecule has 9 heteroatoms. The first-order chi connectivity index (χ1) is 14.8. The van der Waals surface area contributed by atoms with Crippen molar-refractivity contribution in [3.63, 3.8) is 0 Å². The van der Waals surface area contributed by atoms with Crippen molar-refractivity contribution in [1.29, 1.82) is 0 Å². The van der Waals surface area contributed by atoms with Crippen LogP contribution in [0.15, 0.2) is 23.1 Å². The molecule has 2 heterocycles. The number of amides is 1. The summed E-state index contributed by atoms with van der Waals surface area (Å²) in [6.45, 7) is 8.54. The lowest BCUT2D eigenvalue weighted by Gasteiger charge is -2.20. The van der Waals surface area contributed by atoms with E-state index in [1.165, 1.54) is 12.1 Å². The molecule has 2 aliphatic rings. The topological polar surface area (TPSA) is 97.0 Å². The van der Waals surface area contributed by atoms with Crippen molar-refractivity contribution in [2.45, 2.75) is 56.9 Å². The Balaban J connectivity index is 1.28. The van der Waals surface area contributed by atoms with Crippen molar-refractivity contribution in [2.75, 3.05) is 39.4 Å². The van der Waals surface area contributed by atoms with E-state index in [4.69, 9.17) is 9.47 Å². The number of hydrogen-bond donors (Lipinski definition) is 2. The van der Waals surface area contributed by atoms with Crippen molar-refractivity contribution < 1.29 is 22.7 Å². The maximum atomic E-state index is 12.5. The molecule has 3 rings (SSSR count). The van der Waals surface area contributed by atoms with E-state index in [2.05, 4.69) is 28.8 Å². The standard InChI is InChI=1S/C22H35N3O5S/c1-17(2)25-11-9-18(16-25)15-23-22(26)6-4-3-5-10-24-31(27,28)19-7-8-20-21(14-19)30-13-12-29-20/h7-8,14,17-18,24H,3-6,9-13,15-16H2,1-2H3,(H,23,26). The van der Waals surface area contributed by atoms with Gasteiger partial charge in [-0.25, -0.2) is 13.1 Å². The molecule has 1 saturated heterocycles. The molecule has 1 fully saturated rings. The minimum atomic E-state index is -3.59. The zero-order valence-electron chi connectivity index (χ0n) is 18.6. The second-order valence-corrected chi connectivity index (χ2v) is 10.3. The fraction of sp³-hybridized carbons (Fsp3) is 0.682. The maximum absolute atomic E-state index is 12.5. The van der Waals surface area contributed by atoms with Crippen molar-refractivity contribution in [1.82, 2.24) is 14.9 Å². The summed E-state index contributed by atoms with van der Waals surface area (Å²) in [5, 5.41) is 3.05. The van der Waals surface area contributed by atoms with Crippen molar-refractivity contribution in [3.05, 3.63) is 18.2 Å². The van der Waals surface area contributed by atoms with Crippen LogP contribution in [0.25, 0.3) is 0 Å². The van der Waals surface area contributed by atoms with E-state index in [0.29, 0.717) is 56.1 Å². The highest BCUT2D eigenvalue weighted by Gasteiger charge is 2.24. The van der Waals surface area contributed by atoms with Crippen LogP contribution in [0.1, 0.15) is 46.0 Å². The molecule has 8 nitrogen and oxygen atoms in total. The number of carbonyl (C=O) groups excluding carboxylic acids is 1. The Kier molecular flexibility index (Phi) is 8.57. The summed E-state index contributed by atoms with van der Waals surface area (Å²) in [5.74, 6) is 1.64. The number of likely N-dealkylation sites (tertiary alicyclic amines) is 1. The third kappa shape index (κ3) is 7.08. The Morgan fingerprint density at radius 2 is 1.94 bits per heavy atom. The van der Waals surface area contributed by atoms with Crippen LogP contribution in [0, 0.1) is 5.92 Å². The average molecular weight is 454 g/mol. The Morgan fingerprint density at radius 1 is 1.16 bits per heavy atom. The fourth-order valence-corrected chi connectivity index (χ4v) is 5.00. The Hall–Kier alpha value is -1.84. The molecule has 1 unspecified atom stereocenters. The van der Waals surface area contributed by atoms with Gasteiger partial charge in [-0.3, -0.25) is 4.79 Å². The average Bonchev–Trinajstić information content (AvgIpc) is 3.24. The van der Waals surface area contributed by atoms with Gasteiger partial charge in [0.05, 0.1) is 4.90 Å². The van der Waals surface area contributed by atoms with Gasteiger partial charge in [-0.05, 0) is 57.7 Å². The highest BCUT2D eigenvalue weighted by atomic mass is 32.2. The van der Waals surface area contributed by atoms with E-state index in [-0.39, 0.29) is 10.8 Å². The van der Waals surface area contributed by atoms with Crippen molar-refractivity contribution in [3.8, 4) is 11.5 Å². The number of nitrogens with zero attached hydrogens (tertiary/aromatic N) is 1. The molecule has 174 valence electrons. The molecule has 2 N–H and O–H groups in total. The molecule has 1 aromatic rings. The van der Waals surface area contributed by atoms with Gasteiger partial charge < -0.3 is 19.7 Å². The summed E-state index contributed by atoms with van der Waals surface area (Å²) in [7, 11) is -3.59. The number of fused-ring (bicyclic) bond motifs is 1. The van der Waals surface area contributed by atoms with E-state index in [1.54, 1.807) is 6.07 Å². The number of hydrogen-bond acceptors (Lipinski definition) is 6. The van der Waals surface area contributed by atoms with Crippen LogP contribution in [-0.4, -0.2) is 64.7 Å². The third-order valence-corrected chi connectivity index (χ3v) is 7.29. The number of ether oxygens (including phenoxy) is 2. The molecule has 1 aromatic carbocycles. The summed E-state index contributed by atoms with van der Waals surface area (Å²) in [4.78, 5) is 14.7. The molecule has 1 amide bonds. The smallest absolute Gasteiger partial charge is 0.240 e. The number of sulfonamides is 1.